The molecule has 0 saturated carbocycles. The molecule has 0 aliphatic carbocycles. The summed E-state index contributed by atoms with van der Waals surface area (Å²) in [6.45, 7) is 8.83. The quantitative estimate of drug-likeness (QED) is 0.885. The number of aryl methyl sites for hydroxylation is 1. The van der Waals surface area contributed by atoms with Crippen LogP contribution in [0.5, 0.6) is 0 Å². The van der Waals surface area contributed by atoms with E-state index in [4.69, 9.17) is 5.73 Å². The zero-order valence-electron chi connectivity index (χ0n) is 11.7. The van der Waals surface area contributed by atoms with Crippen molar-refractivity contribution < 1.29 is 0 Å². The molecular weight excluding hydrogens is 220 g/mol. The molecule has 1 aliphatic heterocycles. The molecule has 1 aliphatic rings. The smallest absolute Gasteiger partial charge is 0.00888 e. The van der Waals surface area contributed by atoms with Gasteiger partial charge in [0.05, 0.1) is 0 Å². The lowest BCUT2D eigenvalue weighted by Gasteiger charge is -2.33. The summed E-state index contributed by atoms with van der Waals surface area (Å²) in [5, 5.41) is 0. The second-order valence-corrected chi connectivity index (χ2v) is 5.83. The second-order valence-electron chi connectivity index (χ2n) is 5.83. The molecule has 1 unspecified atom stereocenters. The molecule has 1 saturated heterocycles. The molecule has 1 fully saturated rings. The third kappa shape index (κ3) is 3.56. The average Bonchev–Trinajstić information content (AvgIpc) is 2.39. The largest absolute Gasteiger partial charge is 0.330 e. The van der Waals surface area contributed by atoms with Crippen LogP contribution in [0.15, 0.2) is 24.3 Å². The molecule has 2 nitrogen and oxygen atoms in total. The summed E-state index contributed by atoms with van der Waals surface area (Å²) in [6, 6.07) is 8.85. The van der Waals surface area contributed by atoms with Gasteiger partial charge in [-0.05, 0) is 44.3 Å². The normalized spacial score (nSPS) is 19.9. The van der Waals surface area contributed by atoms with Gasteiger partial charge >= 0.3 is 0 Å². The Labute approximate surface area is 111 Å². The van der Waals surface area contributed by atoms with Gasteiger partial charge in [0, 0.05) is 19.0 Å². The fourth-order valence-corrected chi connectivity index (χ4v) is 2.71. The number of nitrogens with zero attached hydrogens (tertiary/aromatic N) is 1. The minimum absolute atomic E-state index is 0.485. The van der Waals surface area contributed by atoms with Crippen molar-refractivity contribution in [3.05, 3.63) is 35.4 Å². The molecule has 0 radical (unpaired) electrons. The maximum absolute atomic E-state index is 5.96. The highest BCUT2D eigenvalue weighted by molar-refractivity contribution is 5.25. The molecule has 0 bridgehead atoms. The van der Waals surface area contributed by atoms with Crippen LogP contribution in [0.4, 0.5) is 0 Å². The number of hydrogen-bond donors (Lipinski definition) is 1. The van der Waals surface area contributed by atoms with Gasteiger partial charge in [-0.3, -0.25) is 0 Å². The second kappa shape index (κ2) is 6.35. The summed E-state index contributed by atoms with van der Waals surface area (Å²) in [7, 11) is 0. The Morgan fingerprint density at radius 1 is 1.22 bits per heavy atom. The SMILES string of the molecule is Cc1ccc(C(CN)CN2CCC(C)CC2)cc1. The van der Waals surface area contributed by atoms with Gasteiger partial charge in [-0.15, -0.1) is 0 Å². The summed E-state index contributed by atoms with van der Waals surface area (Å²) < 4.78 is 0. The van der Waals surface area contributed by atoms with Crippen molar-refractivity contribution in [2.45, 2.75) is 32.6 Å². The number of likely N-dealkylation sites (tertiary alicyclic amines) is 1. The van der Waals surface area contributed by atoms with E-state index in [0.717, 1.165) is 19.0 Å². The third-order valence-corrected chi connectivity index (χ3v) is 4.19. The summed E-state index contributed by atoms with van der Waals surface area (Å²) >= 11 is 0. The number of piperidine rings is 1. The first-order valence-corrected chi connectivity index (χ1v) is 7.18. The predicted molar refractivity (Wildman–Crippen MR) is 77.8 cm³/mol. The van der Waals surface area contributed by atoms with Crippen molar-refractivity contribution in [2.75, 3.05) is 26.2 Å². The van der Waals surface area contributed by atoms with Crippen LogP contribution >= 0.6 is 0 Å². The minimum atomic E-state index is 0.485. The van der Waals surface area contributed by atoms with E-state index in [2.05, 4.69) is 43.0 Å². The Morgan fingerprint density at radius 3 is 2.39 bits per heavy atom. The fraction of sp³-hybridized carbons (Fsp3) is 0.625. The molecular formula is C16H26N2. The van der Waals surface area contributed by atoms with Crippen molar-refractivity contribution in [2.24, 2.45) is 11.7 Å². The molecule has 2 rings (SSSR count). The Morgan fingerprint density at radius 2 is 1.83 bits per heavy atom. The third-order valence-electron chi connectivity index (χ3n) is 4.19. The van der Waals surface area contributed by atoms with E-state index in [1.54, 1.807) is 0 Å². The molecule has 1 aromatic rings. The first-order chi connectivity index (χ1) is 8.69. The van der Waals surface area contributed by atoms with Crippen LogP contribution < -0.4 is 5.73 Å². The highest BCUT2D eigenvalue weighted by Gasteiger charge is 2.19. The topological polar surface area (TPSA) is 29.3 Å². The monoisotopic (exact) mass is 246 g/mol. The van der Waals surface area contributed by atoms with Crippen molar-refractivity contribution in [1.82, 2.24) is 4.90 Å². The minimum Gasteiger partial charge on any atom is -0.330 e. The molecule has 2 N–H and O–H groups in total. The van der Waals surface area contributed by atoms with Gasteiger partial charge in [-0.2, -0.15) is 0 Å². The molecule has 18 heavy (non-hydrogen) atoms. The first kappa shape index (κ1) is 13.6. The fourth-order valence-electron chi connectivity index (χ4n) is 2.71. The van der Waals surface area contributed by atoms with Crippen LogP contribution in [-0.4, -0.2) is 31.1 Å². The zero-order valence-corrected chi connectivity index (χ0v) is 11.7. The highest BCUT2D eigenvalue weighted by Crippen LogP contribution is 2.21. The molecule has 100 valence electrons. The van der Waals surface area contributed by atoms with Crippen LogP contribution in [0.2, 0.25) is 0 Å². The van der Waals surface area contributed by atoms with Crippen molar-refractivity contribution in [1.29, 1.82) is 0 Å². The highest BCUT2D eigenvalue weighted by atomic mass is 15.1. The lowest BCUT2D eigenvalue weighted by atomic mass is 9.94. The van der Waals surface area contributed by atoms with E-state index in [9.17, 15) is 0 Å². The molecule has 0 amide bonds. The van der Waals surface area contributed by atoms with Crippen LogP contribution in [0, 0.1) is 12.8 Å². The van der Waals surface area contributed by atoms with Crippen LogP contribution in [0.1, 0.15) is 36.8 Å². The summed E-state index contributed by atoms with van der Waals surface area (Å²) in [6.07, 6.45) is 2.68. The van der Waals surface area contributed by atoms with Crippen LogP contribution in [0.25, 0.3) is 0 Å². The van der Waals surface area contributed by atoms with Gasteiger partial charge in [-0.1, -0.05) is 36.8 Å². The van der Waals surface area contributed by atoms with Gasteiger partial charge in [0.15, 0.2) is 0 Å². The molecule has 2 heteroatoms. The Kier molecular flexibility index (Phi) is 4.79. The molecule has 0 aromatic heterocycles. The number of rotatable bonds is 4. The lowest BCUT2D eigenvalue weighted by molar-refractivity contribution is 0.183. The summed E-state index contributed by atoms with van der Waals surface area (Å²) in [4.78, 5) is 2.58. The summed E-state index contributed by atoms with van der Waals surface area (Å²) in [5.74, 6) is 1.39. The van der Waals surface area contributed by atoms with E-state index < -0.39 is 0 Å². The Balaban J connectivity index is 1.94. The van der Waals surface area contributed by atoms with Crippen LogP contribution in [0.3, 0.4) is 0 Å². The van der Waals surface area contributed by atoms with E-state index in [1.807, 2.05) is 0 Å². The van der Waals surface area contributed by atoms with Gasteiger partial charge in [0.2, 0.25) is 0 Å². The van der Waals surface area contributed by atoms with Gasteiger partial charge in [0.25, 0.3) is 0 Å². The molecule has 1 heterocycles. The van der Waals surface area contributed by atoms with Crippen molar-refractivity contribution >= 4 is 0 Å². The molecule has 0 spiro atoms. The molecule has 1 atom stereocenters. The van der Waals surface area contributed by atoms with Crippen molar-refractivity contribution in [3.63, 3.8) is 0 Å². The standard InChI is InChI=1S/C16H26N2/c1-13-3-5-15(6-4-13)16(11-17)12-18-9-7-14(2)8-10-18/h3-6,14,16H,7-12,17H2,1-2H3. The van der Waals surface area contributed by atoms with E-state index in [0.29, 0.717) is 5.92 Å². The number of hydrogen-bond acceptors (Lipinski definition) is 2. The van der Waals surface area contributed by atoms with Gasteiger partial charge < -0.3 is 10.6 Å². The van der Waals surface area contributed by atoms with Gasteiger partial charge in [0.1, 0.15) is 0 Å². The maximum Gasteiger partial charge on any atom is 0.00888 e. The summed E-state index contributed by atoms with van der Waals surface area (Å²) in [5.41, 5.74) is 8.67. The Hall–Kier alpha value is -0.860. The lowest BCUT2D eigenvalue weighted by Crippen LogP contribution is -2.37. The van der Waals surface area contributed by atoms with E-state index in [1.165, 1.54) is 37.1 Å². The van der Waals surface area contributed by atoms with Gasteiger partial charge in [-0.25, -0.2) is 0 Å². The van der Waals surface area contributed by atoms with E-state index in [-0.39, 0.29) is 0 Å². The number of benzene rings is 1. The maximum atomic E-state index is 5.96. The van der Waals surface area contributed by atoms with Crippen LogP contribution in [-0.2, 0) is 0 Å². The van der Waals surface area contributed by atoms with E-state index >= 15 is 0 Å². The average molecular weight is 246 g/mol. The zero-order chi connectivity index (χ0) is 13.0. The van der Waals surface area contributed by atoms with Crippen molar-refractivity contribution in [3.8, 4) is 0 Å². The Bertz CT molecular complexity index is 350. The molecule has 1 aromatic carbocycles. The predicted octanol–water partition coefficient (Wildman–Crippen LogP) is 2.77. The number of nitrogens with two attached hydrogens (primary N) is 1. The first-order valence-electron chi connectivity index (χ1n) is 7.18.